The van der Waals surface area contributed by atoms with Crippen LogP contribution in [0.3, 0.4) is 0 Å². The van der Waals surface area contributed by atoms with Gasteiger partial charge in [-0.1, -0.05) is 0 Å². The van der Waals surface area contributed by atoms with Crippen molar-refractivity contribution < 1.29 is 5.17 Å². The number of hydrogen-bond donors (Lipinski definition) is 6. The third kappa shape index (κ3) is 1.29. The van der Waals surface area contributed by atoms with E-state index in [1.165, 1.54) is 0 Å². The number of hydrogen-bond acceptors (Lipinski definition) is 6. The topological polar surface area (TPSA) is 158 Å². The van der Waals surface area contributed by atoms with Gasteiger partial charge in [-0.3, -0.25) is 5.17 Å². The van der Waals surface area contributed by atoms with E-state index in [0.717, 1.165) is 0 Å². The van der Waals surface area contributed by atoms with Gasteiger partial charge in [0.1, 0.15) is 11.4 Å². The molecular formula is C7H14N6O. The van der Waals surface area contributed by atoms with Crippen LogP contribution in [0, 0.1) is 12.1 Å². The van der Waals surface area contributed by atoms with Crippen molar-refractivity contribution in [3.63, 3.8) is 0 Å². The number of anilines is 4. The van der Waals surface area contributed by atoms with Gasteiger partial charge < -0.3 is 28.1 Å². The monoisotopic (exact) mass is 198 g/mol. The second kappa shape index (κ2) is 3.22. The van der Waals surface area contributed by atoms with Gasteiger partial charge in [-0.15, -0.1) is 0 Å². The summed E-state index contributed by atoms with van der Waals surface area (Å²) in [6.45, 7) is 1.67. The quantitative estimate of drug-likeness (QED) is 0.178. The highest BCUT2D eigenvalue weighted by Crippen LogP contribution is 2.37. The van der Waals surface area contributed by atoms with Gasteiger partial charge in [0.15, 0.2) is 0 Å². The first kappa shape index (κ1) is 10.4. The fraction of sp³-hybridized carbons (Fsp3) is 0.143. The Morgan fingerprint density at radius 3 is 1.57 bits per heavy atom. The molecular weight excluding hydrogens is 184 g/mol. The Kier molecular flexibility index (Phi) is 2.39. The zero-order valence-corrected chi connectivity index (χ0v) is 7.79. The van der Waals surface area contributed by atoms with E-state index >= 15 is 0 Å². The molecule has 7 heteroatoms. The third-order valence-electron chi connectivity index (χ3n) is 2.17. The standard InChI is InChI=1S/C7H14N6O/c1-2-3(8)5(10)7(13(12)14)6(11)4(2)9/h13H,8-12H2,1H3. The van der Waals surface area contributed by atoms with E-state index in [9.17, 15) is 5.21 Å². The first-order valence-electron chi connectivity index (χ1n) is 3.90. The maximum atomic E-state index is 11.0. The summed E-state index contributed by atoms with van der Waals surface area (Å²) in [5.74, 6) is 5.09. The Morgan fingerprint density at radius 2 is 1.29 bits per heavy atom. The maximum absolute atomic E-state index is 11.0. The highest BCUT2D eigenvalue weighted by Gasteiger charge is 2.19. The molecule has 0 radical (unpaired) electrons. The molecule has 0 saturated carbocycles. The van der Waals surface area contributed by atoms with Crippen LogP contribution >= 0.6 is 0 Å². The van der Waals surface area contributed by atoms with E-state index in [4.69, 9.17) is 28.8 Å². The molecule has 78 valence electrons. The summed E-state index contributed by atoms with van der Waals surface area (Å²) in [5.41, 5.74) is 23.6. The van der Waals surface area contributed by atoms with Gasteiger partial charge in [-0.2, -0.15) is 5.84 Å². The highest BCUT2D eigenvalue weighted by molar-refractivity contribution is 5.93. The van der Waals surface area contributed by atoms with E-state index in [1.54, 1.807) is 6.92 Å². The van der Waals surface area contributed by atoms with E-state index in [-0.39, 0.29) is 28.4 Å². The highest BCUT2D eigenvalue weighted by atomic mass is 16.5. The Bertz CT molecular complexity index is 346. The van der Waals surface area contributed by atoms with Crippen molar-refractivity contribution in [2.45, 2.75) is 6.92 Å². The van der Waals surface area contributed by atoms with Gasteiger partial charge in [0.05, 0.1) is 11.4 Å². The van der Waals surface area contributed by atoms with Crippen LogP contribution < -0.4 is 33.9 Å². The van der Waals surface area contributed by atoms with Crippen LogP contribution in [-0.2, 0) is 0 Å². The zero-order chi connectivity index (χ0) is 11.0. The minimum Gasteiger partial charge on any atom is -0.608 e. The summed E-state index contributed by atoms with van der Waals surface area (Å²) in [7, 11) is 0. The molecule has 1 atom stereocenters. The van der Waals surface area contributed by atoms with Crippen molar-refractivity contribution in [1.82, 2.24) is 0 Å². The summed E-state index contributed by atoms with van der Waals surface area (Å²) in [6, 6.07) is 0. The molecule has 0 amide bonds. The lowest BCUT2D eigenvalue weighted by molar-refractivity contribution is -0.788. The third-order valence-corrected chi connectivity index (χ3v) is 2.17. The van der Waals surface area contributed by atoms with Gasteiger partial charge in [0.2, 0.25) is 5.69 Å². The van der Waals surface area contributed by atoms with Crippen LogP contribution in [0.4, 0.5) is 28.4 Å². The van der Waals surface area contributed by atoms with Crippen LogP contribution in [-0.4, -0.2) is 0 Å². The number of nitrogen functional groups attached to an aromatic ring is 5. The molecule has 1 unspecified atom stereocenters. The van der Waals surface area contributed by atoms with Crippen LogP contribution in [0.5, 0.6) is 0 Å². The predicted octanol–water partition coefficient (Wildman–Crippen LogP) is -1.79. The summed E-state index contributed by atoms with van der Waals surface area (Å²) in [6.07, 6.45) is 0. The van der Waals surface area contributed by atoms with E-state index in [1.807, 2.05) is 0 Å². The van der Waals surface area contributed by atoms with E-state index in [0.29, 0.717) is 5.56 Å². The molecule has 1 aromatic rings. The number of nitrogens with two attached hydrogens (primary N) is 5. The molecule has 0 aliphatic rings. The van der Waals surface area contributed by atoms with Crippen molar-refractivity contribution in [2.24, 2.45) is 5.84 Å². The van der Waals surface area contributed by atoms with Crippen molar-refractivity contribution in [3.05, 3.63) is 10.8 Å². The van der Waals surface area contributed by atoms with Crippen molar-refractivity contribution in [3.8, 4) is 0 Å². The smallest absolute Gasteiger partial charge is 0.201 e. The van der Waals surface area contributed by atoms with Crippen LogP contribution in [0.2, 0.25) is 0 Å². The molecule has 11 N–H and O–H groups in total. The predicted molar refractivity (Wildman–Crippen MR) is 57.0 cm³/mol. The SMILES string of the molecule is Cc1c(N)c(N)c([NH+](N)[O-])c(N)c1N. The Labute approximate surface area is 81.0 Å². The molecule has 0 aliphatic carbocycles. The van der Waals surface area contributed by atoms with Gasteiger partial charge in [0.25, 0.3) is 0 Å². The minimum atomic E-state index is -0.738. The van der Waals surface area contributed by atoms with Crippen molar-refractivity contribution in [1.29, 1.82) is 0 Å². The average molecular weight is 198 g/mol. The van der Waals surface area contributed by atoms with Gasteiger partial charge in [0, 0.05) is 0 Å². The molecule has 0 bridgehead atoms. The molecule has 0 heterocycles. The summed E-state index contributed by atoms with van der Waals surface area (Å²) in [4.78, 5) is 0. The fourth-order valence-electron chi connectivity index (χ4n) is 1.23. The number of quaternary nitrogens is 1. The molecule has 0 spiro atoms. The lowest BCUT2D eigenvalue weighted by atomic mass is 10.1. The van der Waals surface area contributed by atoms with E-state index < -0.39 is 5.17 Å². The second-order valence-electron chi connectivity index (χ2n) is 3.02. The fourth-order valence-corrected chi connectivity index (χ4v) is 1.23. The molecule has 0 saturated heterocycles. The molecule has 0 fully saturated rings. The Hall–Kier alpha value is -1.70. The van der Waals surface area contributed by atoms with Gasteiger partial charge >= 0.3 is 0 Å². The minimum absolute atomic E-state index is 0.00870. The molecule has 1 rings (SSSR count). The molecule has 14 heavy (non-hydrogen) atoms. The van der Waals surface area contributed by atoms with Crippen LogP contribution in [0.1, 0.15) is 5.56 Å². The average Bonchev–Trinajstić information content (AvgIpc) is 2.11. The summed E-state index contributed by atoms with van der Waals surface area (Å²) >= 11 is 0. The second-order valence-corrected chi connectivity index (χ2v) is 3.02. The number of rotatable bonds is 1. The summed E-state index contributed by atoms with van der Waals surface area (Å²) < 4.78 is 0. The first-order chi connectivity index (χ1) is 6.37. The molecule has 1 aromatic carbocycles. The van der Waals surface area contributed by atoms with Crippen molar-refractivity contribution in [2.75, 3.05) is 22.9 Å². The van der Waals surface area contributed by atoms with Crippen LogP contribution in [0.25, 0.3) is 0 Å². The van der Waals surface area contributed by atoms with Gasteiger partial charge in [-0.05, 0) is 12.5 Å². The number of nitrogens with one attached hydrogen (secondary N) is 1. The Morgan fingerprint density at radius 1 is 0.929 bits per heavy atom. The number of benzene rings is 1. The zero-order valence-electron chi connectivity index (χ0n) is 7.79. The lowest BCUT2D eigenvalue weighted by Crippen LogP contribution is -3.08. The maximum Gasteiger partial charge on any atom is 0.201 e. The first-order valence-corrected chi connectivity index (χ1v) is 3.90. The molecule has 0 aliphatic heterocycles. The summed E-state index contributed by atoms with van der Waals surface area (Å²) in [5, 5.41) is 10.3. The molecule has 0 aromatic heterocycles. The lowest BCUT2D eigenvalue weighted by Gasteiger charge is -2.21. The largest absolute Gasteiger partial charge is 0.608 e. The van der Waals surface area contributed by atoms with E-state index in [2.05, 4.69) is 0 Å². The Balaban J connectivity index is 3.60. The normalized spacial score (nSPS) is 12.8. The van der Waals surface area contributed by atoms with Gasteiger partial charge in [-0.25, -0.2) is 0 Å². The van der Waals surface area contributed by atoms with Crippen LogP contribution in [0.15, 0.2) is 0 Å². The molecule has 7 nitrogen and oxygen atoms in total. The van der Waals surface area contributed by atoms with Crippen molar-refractivity contribution >= 4 is 28.4 Å².